The van der Waals surface area contributed by atoms with E-state index in [0.717, 1.165) is 23.4 Å². The average Bonchev–Trinajstić information content (AvgIpc) is 2.28. The first-order valence-electron chi connectivity index (χ1n) is 5.61. The molecular weight excluding hydrogens is 198 g/mol. The predicted octanol–water partition coefficient (Wildman–Crippen LogP) is 3.42. The summed E-state index contributed by atoms with van der Waals surface area (Å²) in [6, 6.07) is 6.25. The Kier molecular flexibility index (Phi) is 2.82. The Hall–Kier alpha value is -1.57. The molecule has 0 saturated carbocycles. The molecule has 1 aromatic heterocycles. The molecule has 0 atom stereocenters. The summed E-state index contributed by atoms with van der Waals surface area (Å²) in [6.07, 6.45) is 1.02. The van der Waals surface area contributed by atoms with Crippen LogP contribution in [0.2, 0.25) is 0 Å². The van der Waals surface area contributed by atoms with Gasteiger partial charge in [-0.25, -0.2) is 4.98 Å². The number of hydrogen-bond donors (Lipinski definition) is 0. The van der Waals surface area contributed by atoms with Crippen LogP contribution in [-0.2, 0) is 6.42 Å². The van der Waals surface area contributed by atoms with Crippen molar-refractivity contribution in [3.8, 4) is 5.75 Å². The third kappa shape index (κ3) is 1.64. The number of pyridine rings is 1. The van der Waals surface area contributed by atoms with Crippen molar-refractivity contribution in [1.29, 1.82) is 0 Å². The van der Waals surface area contributed by atoms with E-state index in [2.05, 4.69) is 31.0 Å². The Morgan fingerprint density at radius 3 is 2.62 bits per heavy atom. The number of hydrogen-bond acceptors (Lipinski definition) is 2. The molecule has 0 saturated heterocycles. The fraction of sp³-hybridized carbons (Fsp3) is 0.357. The van der Waals surface area contributed by atoms with Crippen LogP contribution in [0, 0.1) is 13.8 Å². The molecule has 2 rings (SSSR count). The third-order valence-electron chi connectivity index (χ3n) is 2.94. The van der Waals surface area contributed by atoms with Crippen molar-refractivity contribution < 1.29 is 4.74 Å². The van der Waals surface area contributed by atoms with Crippen LogP contribution in [0.4, 0.5) is 0 Å². The first kappa shape index (κ1) is 10.9. The lowest BCUT2D eigenvalue weighted by atomic mass is 10.0. The molecule has 0 radical (unpaired) electrons. The quantitative estimate of drug-likeness (QED) is 0.765. The number of benzene rings is 1. The zero-order valence-electron chi connectivity index (χ0n) is 10.3. The molecule has 0 aliphatic carbocycles. The maximum absolute atomic E-state index is 5.37. The molecule has 0 aliphatic rings. The summed E-state index contributed by atoms with van der Waals surface area (Å²) in [7, 11) is 1.69. The highest BCUT2D eigenvalue weighted by molar-refractivity contribution is 5.90. The van der Waals surface area contributed by atoms with Crippen LogP contribution in [0.25, 0.3) is 10.9 Å². The molecular formula is C14H17NO. The van der Waals surface area contributed by atoms with Crippen LogP contribution >= 0.6 is 0 Å². The van der Waals surface area contributed by atoms with Gasteiger partial charge in [0.25, 0.3) is 0 Å². The van der Waals surface area contributed by atoms with Crippen LogP contribution in [0.5, 0.6) is 5.75 Å². The first-order chi connectivity index (χ1) is 7.67. The van der Waals surface area contributed by atoms with E-state index in [1.54, 1.807) is 7.11 Å². The molecule has 84 valence electrons. The molecule has 1 heterocycles. The smallest absolute Gasteiger partial charge is 0.145 e. The zero-order chi connectivity index (χ0) is 11.7. The van der Waals surface area contributed by atoms with Gasteiger partial charge < -0.3 is 4.74 Å². The van der Waals surface area contributed by atoms with Gasteiger partial charge in [-0.15, -0.1) is 0 Å². The Labute approximate surface area is 96.3 Å². The zero-order valence-corrected chi connectivity index (χ0v) is 10.3. The highest BCUT2D eigenvalue weighted by Gasteiger charge is 2.09. The standard InChI is InChI=1S/C14H17NO/c1-5-11-8-10(3)15-14-12(16-4)7-6-9(2)13(11)14/h6-8H,5H2,1-4H3. The Morgan fingerprint density at radius 2 is 2.00 bits per heavy atom. The minimum Gasteiger partial charge on any atom is -0.494 e. The SMILES string of the molecule is CCc1cc(C)nc2c(OC)ccc(C)c12. The van der Waals surface area contributed by atoms with E-state index in [0.29, 0.717) is 0 Å². The number of fused-ring (bicyclic) bond motifs is 1. The summed E-state index contributed by atoms with van der Waals surface area (Å²) in [5, 5.41) is 1.24. The number of nitrogens with zero attached hydrogens (tertiary/aromatic N) is 1. The number of aromatic nitrogens is 1. The summed E-state index contributed by atoms with van der Waals surface area (Å²) >= 11 is 0. The third-order valence-corrected chi connectivity index (χ3v) is 2.94. The molecule has 0 aliphatic heterocycles. The molecule has 16 heavy (non-hydrogen) atoms. The molecule has 1 aromatic carbocycles. The molecule has 2 aromatic rings. The minimum atomic E-state index is 0.860. The Bertz CT molecular complexity index is 532. The molecule has 0 spiro atoms. The lowest BCUT2D eigenvalue weighted by Crippen LogP contribution is -1.96. The topological polar surface area (TPSA) is 22.1 Å². The molecule has 0 unspecified atom stereocenters. The first-order valence-corrected chi connectivity index (χ1v) is 5.61. The van der Waals surface area contributed by atoms with Gasteiger partial charge in [0.2, 0.25) is 0 Å². The monoisotopic (exact) mass is 215 g/mol. The van der Waals surface area contributed by atoms with Gasteiger partial charge >= 0.3 is 0 Å². The normalized spacial score (nSPS) is 10.8. The average molecular weight is 215 g/mol. The van der Waals surface area contributed by atoms with Crippen molar-refractivity contribution in [3.63, 3.8) is 0 Å². The van der Waals surface area contributed by atoms with Gasteiger partial charge in [-0.2, -0.15) is 0 Å². The maximum Gasteiger partial charge on any atom is 0.145 e. The van der Waals surface area contributed by atoms with Crippen molar-refractivity contribution in [2.75, 3.05) is 7.11 Å². The molecule has 0 bridgehead atoms. The van der Waals surface area contributed by atoms with Crippen molar-refractivity contribution >= 4 is 10.9 Å². The van der Waals surface area contributed by atoms with Gasteiger partial charge in [0.1, 0.15) is 11.3 Å². The van der Waals surface area contributed by atoms with Crippen LogP contribution < -0.4 is 4.74 Å². The molecule has 0 fully saturated rings. The van der Waals surface area contributed by atoms with E-state index in [4.69, 9.17) is 4.74 Å². The number of aryl methyl sites for hydroxylation is 3. The fourth-order valence-electron chi connectivity index (χ4n) is 2.17. The second-order valence-electron chi connectivity index (χ2n) is 4.08. The number of rotatable bonds is 2. The summed E-state index contributed by atoms with van der Waals surface area (Å²) in [5.41, 5.74) is 4.65. The van der Waals surface area contributed by atoms with Crippen molar-refractivity contribution in [1.82, 2.24) is 4.98 Å². The van der Waals surface area contributed by atoms with Crippen molar-refractivity contribution in [3.05, 3.63) is 35.0 Å². The van der Waals surface area contributed by atoms with Crippen LogP contribution in [0.1, 0.15) is 23.7 Å². The summed E-state index contributed by atoms with van der Waals surface area (Å²) < 4.78 is 5.37. The van der Waals surface area contributed by atoms with Gasteiger partial charge in [-0.1, -0.05) is 13.0 Å². The summed E-state index contributed by atoms with van der Waals surface area (Å²) in [5.74, 6) is 0.860. The largest absolute Gasteiger partial charge is 0.494 e. The highest BCUT2D eigenvalue weighted by atomic mass is 16.5. The molecule has 2 nitrogen and oxygen atoms in total. The van der Waals surface area contributed by atoms with Crippen molar-refractivity contribution in [2.24, 2.45) is 0 Å². The van der Waals surface area contributed by atoms with Crippen LogP contribution in [0.3, 0.4) is 0 Å². The second kappa shape index (κ2) is 4.12. The van der Waals surface area contributed by atoms with E-state index in [9.17, 15) is 0 Å². The summed E-state index contributed by atoms with van der Waals surface area (Å²) in [4.78, 5) is 4.59. The second-order valence-corrected chi connectivity index (χ2v) is 4.08. The van der Waals surface area contributed by atoms with Gasteiger partial charge in [0, 0.05) is 11.1 Å². The lowest BCUT2D eigenvalue weighted by Gasteiger charge is -2.11. The number of methoxy groups -OCH3 is 1. The van der Waals surface area contributed by atoms with Gasteiger partial charge in [0.05, 0.1) is 7.11 Å². The number of ether oxygens (including phenoxy) is 1. The van der Waals surface area contributed by atoms with Gasteiger partial charge in [-0.05, 0) is 43.5 Å². The van der Waals surface area contributed by atoms with Crippen LogP contribution in [0.15, 0.2) is 18.2 Å². The minimum absolute atomic E-state index is 0.860. The van der Waals surface area contributed by atoms with E-state index >= 15 is 0 Å². The molecule has 0 N–H and O–H groups in total. The Balaban J connectivity index is 2.91. The predicted molar refractivity (Wildman–Crippen MR) is 67.1 cm³/mol. The maximum atomic E-state index is 5.37. The Morgan fingerprint density at radius 1 is 1.25 bits per heavy atom. The highest BCUT2D eigenvalue weighted by Crippen LogP contribution is 2.29. The van der Waals surface area contributed by atoms with E-state index in [1.165, 1.54) is 16.5 Å². The van der Waals surface area contributed by atoms with Crippen LogP contribution in [-0.4, -0.2) is 12.1 Å². The summed E-state index contributed by atoms with van der Waals surface area (Å²) in [6.45, 7) is 6.32. The van der Waals surface area contributed by atoms with Gasteiger partial charge in [0.15, 0.2) is 0 Å². The molecule has 2 heteroatoms. The van der Waals surface area contributed by atoms with Crippen molar-refractivity contribution in [2.45, 2.75) is 27.2 Å². The van der Waals surface area contributed by atoms with Gasteiger partial charge in [-0.3, -0.25) is 0 Å². The lowest BCUT2D eigenvalue weighted by molar-refractivity contribution is 0.418. The molecule has 0 amide bonds. The van der Waals surface area contributed by atoms with E-state index in [1.807, 2.05) is 13.0 Å². The fourth-order valence-corrected chi connectivity index (χ4v) is 2.17. The van der Waals surface area contributed by atoms with E-state index in [-0.39, 0.29) is 0 Å². The van der Waals surface area contributed by atoms with E-state index < -0.39 is 0 Å².